The maximum absolute atomic E-state index is 4.30. The maximum atomic E-state index is 4.30. The molecule has 0 saturated carbocycles. The number of hydrogen-bond donors (Lipinski definition) is 1. The largest absolute Gasteiger partial charge is 0.354 e. The van der Waals surface area contributed by atoms with Crippen LogP contribution in [0, 0.1) is 6.92 Å². The number of aromatic amines is 1. The molecule has 0 unspecified atom stereocenters. The number of aryl methyl sites for hydroxylation is 1. The first-order chi connectivity index (χ1) is 11.0. The molecule has 0 aliphatic heterocycles. The molecular weight excluding hydrogens is 352 g/mol. The van der Waals surface area contributed by atoms with Gasteiger partial charge < -0.3 is 4.98 Å². The van der Waals surface area contributed by atoms with E-state index < -0.39 is 0 Å². The molecule has 0 atom stereocenters. The normalized spacial score (nSPS) is 11.9. The minimum atomic E-state index is 0.416. The average Bonchev–Trinajstić information content (AvgIpc) is 3.10. The molecule has 4 aromatic rings. The molecule has 1 N–H and O–H groups in total. The quantitative estimate of drug-likeness (QED) is 0.536. The third-order valence-corrected chi connectivity index (χ3v) is 4.72. The number of halogens is 1. The van der Waals surface area contributed by atoms with Crippen LogP contribution in [0.1, 0.15) is 30.9 Å². The van der Waals surface area contributed by atoms with Crippen LogP contribution in [0.4, 0.5) is 0 Å². The van der Waals surface area contributed by atoms with Crippen LogP contribution in [0.15, 0.2) is 41.3 Å². The van der Waals surface area contributed by atoms with Gasteiger partial charge in [0.2, 0.25) is 0 Å². The van der Waals surface area contributed by atoms with Crippen LogP contribution in [-0.4, -0.2) is 19.6 Å². The molecule has 0 radical (unpaired) electrons. The zero-order valence-electron chi connectivity index (χ0n) is 13.3. The molecular formula is C18H17BrN4. The molecule has 3 heterocycles. The second-order valence-electron chi connectivity index (χ2n) is 6.20. The average molecular weight is 369 g/mol. The Kier molecular flexibility index (Phi) is 3.27. The summed E-state index contributed by atoms with van der Waals surface area (Å²) in [6.45, 7) is 6.53. The van der Waals surface area contributed by atoms with Crippen molar-refractivity contribution >= 4 is 32.5 Å². The Balaban J connectivity index is 2.05. The first-order valence-corrected chi connectivity index (χ1v) is 8.45. The Labute approximate surface area is 142 Å². The monoisotopic (exact) mass is 368 g/mol. The van der Waals surface area contributed by atoms with E-state index in [1.165, 1.54) is 10.9 Å². The fourth-order valence-electron chi connectivity index (χ4n) is 3.24. The van der Waals surface area contributed by atoms with Gasteiger partial charge in [0.25, 0.3) is 0 Å². The Morgan fingerprint density at radius 2 is 2.04 bits per heavy atom. The summed E-state index contributed by atoms with van der Waals surface area (Å²) in [6.07, 6.45) is 3.64. The molecule has 5 heteroatoms. The summed E-state index contributed by atoms with van der Waals surface area (Å²) in [5.41, 5.74) is 6.81. The molecule has 0 aliphatic rings. The van der Waals surface area contributed by atoms with Gasteiger partial charge in [-0.1, -0.05) is 29.8 Å². The topological polar surface area (TPSA) is 46.0 Å². The van der Waals surface area contributed by atoms with Crippen LogP contribution in [0.3, 0.4) is 0 Å². The fourth-order valence-corrected chi connectivity index (χ4v) is 3.60. The molecule has 1 aromatic carbocycles. The van der Waals surface area contributed by atoms with E-state index in [0.29, 0.717) is 5.92 Å². The summed E-state index contributed by atoms with van der Waals surface area (Å²) >= 11 is 3.58. The van der Waals surface area contributed by atoms with Gasteiger partial charge in [0.05, 0.1) is 5.69 Å². The molecule has 0 bridgehead atoms. The van der Waals surface area contributed by atoms with Crippen LogP contribution in [0.25, 0.3) is 27.8 Å². The van der Waals surface area contributed by atoms with Gasteiger partial charge in [-0.15, -0.1) is 0 Å². The van der Waals surface area contributed by atoms with E-state index in [2.05, 4.69) is 76.0 Å². The third kappa shape index (κ3) is 2.27. The van der Waals surface area contributed by atoms with Gasteiger partial charge in [0.15, 0.2) is 5.65 Å². The van der Waals surface area contributed by atoms with E-state index >= 15 is 0 Å². The van der Waals surface area contributed by atoms with Gasteiger partial charge in [-0.3, -0.25) is 0 Å². The van der Waals surface area contributed by atoms with Crippen LogP contribution >= 0.6 is 15.9 Å². The minimum Gasteiger partial charge on any atom is -0.354 e. The molecule has 0 aliphatic carbocycles. The summed E-state index contributed by atoms with van der Waals surface area (Å²) in [4.78, 5) is 7.89. The van der Waals surface area contributed by atoms with Crippen molar-refractivity contribution in [2.75, 3.05) is 0 Å². The van der Waals surface area contributed by atoms with E-state index in [9.17, 15) is 0 Å². The van der Waals surface area contributed by atoms with E-state index in [0.717, 1.165) is 32.5 Å². The molecule has 23 heavy (non-hydrogen) atoms. The van der Waals surface area contributed by atoms with Crippen molar-refractivity contribution in [3.8, 4) is 11.3 Å². The first kappa shape index (κ1) is 14.5. The van der Waals surface area contributed by atoms with Crippen LogP contribution in [0.2, 0.25) is 0 Å². The number of fused-ring (bicyclic) bond motifs is 2. The van der Waals surface area contributed by atoms with Crippen molar-refractivity contribution in [3.63, 3.8) is 0 Å². The van der Waals surface area contributed by atoms with E-state index in [1.807, 2.05) is 10.7 Å². The number of hydrogen-bond acceptors (Lipinski definition) is 2. The second kappa shape index (κ2) is 5.20. The number of nitrogens with zero attached hydrogens (tertiary/aromatic N) is 3. The highest BCUT2D eigenvalue weighted by Crippen LogP contribution is 2.37. The van der Waals surface area contributed by atoms with Crippen molar-refractivity contribution in [3.05, 3.63) is 52.4 Å². The van der Waals surface area contributed by atoms with Crippen molar-refractivity contribution in [2.45, 2.75) is 26.7 Å². The molecule has 0 amide bonds. The molecule has 4 rings (SSSR count). The van der Waals surface area contributed by atoms with Crippen molar-refractivity contribution in [1.29, 1.82) is 0 Å². The lowest BCUT2D eigenvalue weighted by Gasteiger charge is -2.10. The number of benzene rings is 1. The zero-order valence-corrected chi connectivity index (χ0v) is 14.8. The number of aromatic nitrogens is 4. The molecule has 0 fully saturated rings. The predicted molar refractivity (Wildman–Crippen MR) is 96.8 cm³/mol. The fraction of sp³-hybridized carbons (Fsp3) is 0.222. The smallest absolute Gasteiger partial charge is 0.158 e. The summed E-state index contributed by atoms with van der Waals surface area (Å²) in [7, 11) is 0. The molecule has 116 valence electrons. The third-order valence-electron chi connectivity index (χ3n) is 4.23. The molecule has 0 spiro atoms. The van der Waals surface area contributed by atoms with E-state index in [4.69, 9.17) is 0 Å². The van der Waals surface area contributed by atoms with Gasteiger partial charge >= 0.3 is 0 Å². The Morgan fingerprint density at radius 3 is 2.83 bits per heavy atom. The molecule has 4 nitrogen and oxygen atoms in total. The van der Waals surface area contributed by atoms with Gasteiger partial charge in [0, 0.05) is 27.1 Å². The van der Waals surface area contributed by atoms with Crippen molar-refractivity contribution in [1.82, 2.24) is 19.6 Å². The number of pyridine rings is 1. The van der Waals surface area contributed by atoms with Crippen LogP contribution in [0.5, 0.6) is 0 Å². The van der Waals surface area contributed by atoms with E-state index in [-0.39, 0.29) is 0 Å². The zero-order chi connectivity index (χ0) is 16.1. The Bertz CT molecular complexity index is 1030. The Hall–Kier alpha value is -2.14. The lowest BCUT2D eigenvalue weighted by Crippen LogP contribution is -1.95. The highest BCUT2D eigenvalue weighted by molar-refractivity contribution is 9.10. The van der Waals surface area contributed by atoms with Crippen LogP contribution in [-0.2, 0) is 0 Å². The summed E-state index contributed by atoms with van der Waals surface area (Å²) in [5, 5.41) is 5.56. The summed E-state index contributed by atoms with van der Waals surface area (Å²) < 4.78 is 2.94. The lowest BCUT2D eigenvalue weighted by molar-refractivity contribution is 0.876. The van der Waals surface area contributed by atoms with Crippen molar-refractivity contribution in [2.24, 2.45) is 0 Å². The Morgan fingerprint density at radius 1 is 1.22 bits per heavy atom. The number of nitrogens with one attached hydrogen (secondary N) is 1. The van der Waals surface area contributed by atoms with Crippen molar-refractivity contribution < 1.29 is 0 Å². The maximum Gasteiger partial charge on any atom is 0.158 e. The highest BCUT2D eigenvalue weighted by Gasteiger charge is 2.17. The van der Waals surface area contributed by atoms with Gasteiger partial charge in [0.1, 0.15) is 6.33 Å². The second-order valence-corrected chi connectivity index (χ2v) is 7.11. The first-order valence-electron chi connectivity index (χ1n) is 7.66. The predicted octanol–water partition coefficient (Wildman–Crippen LogP) is 5.07. The van der Waals surface area contributed by atoms with Gasteiger partial charge in [-0.2, -0.15) is 5.10 Å². The summed E-state index contributed by atoms with van der Waals surface area (Å²) in [6, 6.07) is 8.55. The lowest BCUT2D eigenvalue weighted by atomic mass is 9.96. The number of rotatable bonds is 2. The van der Waals surface area contributed by atoms with Crippen LogP contribution < -0.4 is 0 Å². The van der Waals surface area contributed by atoms with E-state index in [1.54, 1.807) is 6.33 Å². The van der Waals surface area contributed by atoms with Gasteiger partial charge in [-0.25, -0.2) is 9.50 Å². The number of H-pyrrole nitrogens is 1. The molecule has 0 saturated heterocycles. The molecule has 3 aromatic heterocycles. The van der Waals surface area contributed by atoms with Gasteiger partial charge in [-0.05, 0) is 48.2 Å². The SMILES string of the molecule is Cc1cc(-c2[nH]c3ccc(Br)cc3c2C(C)C)cn2ncnc12. The standard InChI is InChI=1S/C18H17BrN4/c1-10(2)16-14-7-13(19)4-5-15(14)22-17(16)12-6-11(3)18-20-9-21-23(18)8-12/h4-10,22H,1-3H3. The highest BCUT2D eigenvalue weighted by atomic mass is 79.9. The minimum absolute atomic E-state index is 0.416. The summed E-state index contributed by atoms with van der Waals surface area (Å²) in [5.74, 6) is 0.416.